The number of rotatable bonds is 4. The molecule has 0 spiro atoms. The molecule has 1 aliphatic heterocycles. The van der Waals surface area contributed by atoms with Gasteiger partial charge in [-0.2, -0.15) is 5.10 Å². The number of piperazine rings is 1. The number of hydrogen-bond donors (Lipinski definition) is 0. The third-order valence-corrected chi connectivity index (χ3v) is 5.28. The Morgan fingerprint density at radius 3 is 2.21 bits per heavy atom. The van der Waals surface area contributed by atoms with Crippen molar-refractivity contribution < 1.29 is 4.79 Å². The fraction of sp³-hybridized carbons (Fsp3) is 0.304. The molecule has 2 heterocycles. The van der Waals surface area contributed by atoms with Crippen molar-refractivity contribution in [2.45, 2.75) is 20.4 Å². The van der Waals surface area contributed by atoms with Crippen molar-refractivity contribution in [3.8, 4) is 5.69 Å². The quantitative estimate of drug-likeness (QED) is 0.702. The molecule has 1 fully saturated rings. The largest absolute Gasteiger partial charge is 0.336 e. The number of hydrogen-bond acceptors (Lipinski definition) is 3. The van der Waals surface area contributed by atoms with Crippen molar-refractivity contribution in [2.75, 3.05) is 26.2 Å². The summed E-state index contributed by atoms with van der Waals surface area (Å²) in [5.41, 5.74) is 5.12. The zero-order valence-electron chi connectivity index (χ0n) is 16.5. The Bertz CT molecular complexity index is 938. The van der Waals surface area contributed by atoms with Crippen LogP contribution in [0.3, 0.4) is 0 Å². The molecule has 0 atom stereocenters. The average molecular weight is 374 g/mol. The lowest BCUT2D eigenvalue weighted by Crippen LogP contribution is -2.48. The van der Waals surface area contributed by atoms with Crippen molar-refractivity contribution in [2.24, 2.45) is 0 Å². The van der Waals surface area contributed by atoms with E-state index in [1.807, 2.05) is 59.8 Å². The third kappa shape index (κ3) is 3.99. The molecule has 28 heavy (non-hydrogen) atoms. The molecule has 0 aliphatic carbocycles. The molecule has 3 aromatic rings. The van der Waals surface area contributed by atoms with Crippen LogP contribution in [0.5, 0.6) is 0 Å². The van der Waals surface area contributed by atoms with Crippen molar-refractivity contribution in [3.63, 3.8) is 0 Å². The fourth-order valence-electron chi connectivity index (χ4n) is 3.77. The first-order chi connectivity index (χ1) is 13.6. The third-order valence-electron chi connectivity index (χ3n) is 5.28. The van der Waals surface area contributed by atoms with Crippen molar-refractivity contribution in [3.05, 3.63) is 83.2 Å². The maximum atomic E-state index is 12.9. The van der Waals surface area contributed by atoms with Gasteiger partial charge in [0.25, 0.3) is 5.91 Å². The zero-order chi connectivity index (χ0) is 19.5. The number of nitrogens with zero attached hydrogens (tertiary/aromatic N) is 4. The summed E-state index contributed by atoms with van der Waals surface area (Å²) < 4.78 is 1.91. The van der Waals surface area contributed by atoms with Crippen molar-refractivity contribution in [1.82, 2.24) is 19.6 Å². The second-order valence-corrected chi connectivity index (χ2v) is 7.44. The Hall–Kier alpha value is -2.92. The van der Waals surface area contributed by atoms with Crippen LogP contribution in [0.1, 0.15) is 27.3 Å². The molecule has 144 valence electrons. The second-order valence-electron chi connectivity index (χ2n) is 7.44. The lowest BCUT2D eigenvalue weighted by molar-refractivity contribution is 0.0628. The molecule has 0 unspecified atom stereocenters. The first kappa shape index (κ1) is 18.4. The minimum atomic E-state index is 0.110. The molecule has 0 N–H and O–H groups in total. The monoisotopic (exact) mass is 374 g/mol. The molecule has 1 aliphatic rings. The molecule has 1 amide bonds. The van der Waals surface area contributed by atoms with E-state index in [1.54, 1.807) is 0 Å². The van der Waals surface area contributed by atoms with Gasteiger partial charge in [-0.15, -0.1) is 0 Å². The van der Waals surface area contributed by atoms with Crippen LogP contribution in [-0.2, 0) is 6.54 Å². The molecule has 1 saturated heterocycles. The molecule has 1 aromatic heterocycles. The molecular weight excluding hydrogens is 348 g/mol. The summed E-state index contributed by atoms with van der Waals surface area (Å²) in [7, 11) is 0. The highest BCUT2D eigenvalue weighted by molar-refractivity contribution is 5.94. The van der Waals surface area contributed by atoms with Gasteiger partial charge < -0.3 is 4.90 Å². The standard InChI is InChI=1S/C23H26N4O/c1-18-16-19(2)27(24-18)22-10-8-21(9-11-22)23(28)26-14-12-25(13-15-26)17-20-6-4-3-5-7-20/h3-11,16H,12-15,17H2,1-2H3. The predicted molar refractivity (Wildman–Crippen MR) is 111 cm³/mol. The Balaban J connectivity index is 1.37. The van der Waals surface area contributed by atoms with E-state index in [2.05, 4.69) is 34.3 Å². The topological polar surface area (TPSA) is 41.4 Å². The Labute approximate surface area is 166 Å². The highest BCUT2D eigenvalue weighted by Crippen LogP contribution is 2.16. The Kier molecular flexibility index (Phi) is 5.26. The second kappa shape index (κ2) is 7.98. The van der Waals surface area contributed by atoms with Gasteiger partial charge in [-0.05, 0) is 49.7 Å². The number of carbonyl (C=O) groups is 1. The number of benzene rings is 2. The van der Waals surface area contributed by atoms with E-state index in [9.17, 15) is 4.79 Å². The lowest BCUT2D eigenvalue weighted by Gasteiger charge is -2.34. The average Bonchev–Trinajstić information content (AvgIpc) is 3.07. The SMILES string of the molecule is Cc1cc(C)n(-c2ccc(C(=O)N3CCN(Cc4ccccc4)CC3)cc2)n1. The van der Waals surface area contributed by atoms with Crippen LogP contribution in [0.4, 0.5) is 0 Å². The number of aryl methyl sites for hydroxylation is 2. The van der Waals surface area contributed by atoms with Crippen molar-refractivity contribution >= 4 is 5.91 Å². The molecular formula is C23H26N4O. The minimum Gasteiger partial charge on any atom is -0.336 e. The van der Waals surface area contributed by atoms with Gasteiger partial charge in [0.15, 0.2) is 0 Å². The van der Waals surface area contributed by atoms with Crippen LogP contribution in [0.2, 0.25) is 0 Å². The van der Waals surface area contributed by atoms with Crippen LogP contribution in [0.15, 0.2) is 60.7 Å². The van der Waals surface area contributed by atoms with Gasteiger partial charge in [0.1, 0.15) is 0 Å². The minimum absolute atomic E-state index is 0.110. The number of amides is 1. The van der Waals surface area contributed by atoms with Crippen LogP contribution in [0.25, 0.3) is 5.69 Å². The van der Waals surface area contributed by atoms with Crippen molar-refractivity contribution in [1.29, 1.82) is 0 Å². The van der Waals surface area contributed by atoms with Gasteiger partial charge in [0.2, 0.25) is 0 Å². The van der Waals surface area contributed by atoms with E-state index in [4.69, 9.17) is 0 Å². The number of aromatic nitrogens is 2. The van der Waals surface area contributed by atoms with Gasteiger partial charge >= 0.3 is 0 Å². The first-order valence-electron chi connectivity index (χ1n) is 9.79. The van der Waals surface area contributed by atoms with Gasteiger partial charge in [-0.3, -0.25) is 9.69 Å². The lowest BCUT2D eigenvalue weighted by atomic mass is 10.1. The highest BCUT2D eigenvalue weighted by atomic mass is 16.2. The highest BCUT2D eigenvalue weighted by Gasteiger charge is 2.22. The van der Waals surface area contributed by atoms with E-state index in [-0.39, 0.29) is 5.91 Å². The normalized spacial score (nSPS) is 15.0. The first-order valence-corrected chi connectivity index (χ1v) is 9.79. The van der Waals surface area contributed by atoms with E-state index in [0.717, 1.165) is 55.4 Å². The number of carbonyl (C=O) groups excluding carboxylic acids is 1. The molecule has 4 rings (SSSR count). The molecule has 0 saturated carbocycles. The summed E-state index contributed by atoms with van der Waals surface area (Å²) in [4.78, 5) is 17.2. The summed E-state index contributed by atoms with van der Waals surface area (Å²) in [5, 5.41) is 4.50. The Morgan fingerprint density at radius 2 is 1.61 bits per heavy atom. The van der Waals surface area contributed by atoms with E-state index < -0.39 is 0 Å². The van der Waals surface area contributed by atoms with E-state index in [1.165, 1.54) is 5.56 Å². The van der Waals surface area contributed by atoms with Crippen LogP contribution in [-0.4, -0.2) is 51.7 Å². The summed E-state index contributed by atoms with van der Waals surface area (Å²) >= 11 is 0. The predicted octanol–water partition coefficient (Wildman–Crippen LogP) is 3.45. The summed E-state index contributed by atoms with van der Waals surface area (Å²) in [6.45, 7) is 8.32. The van der Waals surface area contributed by atoms with E-state index >= 15 is 0 Å². The molecule has 5 heteroatoms. The fourth-order valence-corrected chi connectivity index (χ4v) is 3.77. The van der Waals surface area contributed by atoms with Gasteiger partial charge in [-0.25, -0.2) is 4.68 Å². The summed E-state index contributed by atoms with van der Waals surface area (Å²) in [5.74, 6) is 0.110. The molecule has 2 aromatic carbocycles. The smallest absolute Gasteiger partial charge is 0.253 e. The van der Waals surface area contributed by atoms with Gasteiger partial charge in [0, 0.05) is 44.0 Å². The van der Waals surface area contributed by atoms with Crippen LogP contribution in [0, 0.1) is 13.8 Å². The summed E-state index contributed by atoms with van der Waals surface area (Å²) in [6.07, 6.45) is 0. The maximum absolute atomic E-state index is 12.9. The van der Waals surface area contributed by atoms with Crippen LogP contribution < -0.4 is 0 Å². The molecule has 0 bridgehead atoms. The van der Waals surface area contributed by atoms with Crippen LogP contribution >= 0.6 is 0 Å². The molecule has 0 radical (unpaired) electrons. The molecule has 5 nitrogen and oxygen atoms in total. The summed E-state index contributed by atoms with van der Waals surface area (Å²) in [6, 6.07) is 20.3. The maximum Gasteiger partial charge on any atom is 0.253 e. The van der Waals surface area contributed by atoms with E-state index in [0.29, 0.717) is 0 Å². The Morgan fingerprint density at radius 1 is 0.929 bits per heavy atom. The zero-order valence-corrected chi connectivity index (χ0v) is 16.5. The van der Waals surface area contributed by atoms with Gasteiger partial charge in [-0.1, -0.05) is 30.3 Å². The van der Waals surface area contributed by atoms with Gasteiger partial charge in [0.05, 0.1) is 11.4 Å².